The van der Waals surface area contributed by atoms with Crippen LogP contribution in [0.3, 0.4) is 0 Å². The van der Waals surface area contributed by atoms with Gasteiger partial charge in [0.05, 0.1) is 0 Å². The molecule has 3 heteroatoms. The van der Waals surface area contributed by atoms with Crippen molar-refractivity contribution in [2.75, 3.05) is 6.61 Å². The van der Waals surface area contributed by atoms with Gasteiger partial charge in [-0.1, -0.05) is 0 Å². The number of hydrogen-bond donors (Lipinski definition) is 0. The minimum absolute atomic E-state index is 0.813. The second kappa shape index (κ2) is 7.09. The van der Waals surface area contributed by atoms with Gasteiger partial charge < -0.3 is 0 Å². The van der Waals surface area contributed by atoms with E-state index in [-0.39, 0.29) is 0 Å². The Morgan fingerprint density at radius 2 is 1.44 bits per heavy atom. The van der Waals surface area contributed by atoms with E-state index < -0.39 is 26.5 Å². The molecular formula is C13H30OSiSn. The summed E-state index contributed by atoms with van der Waals surface area (Å²) in [5, 5.41) is 0. The normalized spacial score (nSPS) is 14.1. The molecule has 0 radical (unpaired) electrons. The molecule has 0 fully saturated rings. The first-order valence-electron chi connectivity index (χ1n) is 6.70. The molecule has 0 aromatic rings. The Kier molecular flexibility index (Phi) is 7.34. The Morgan fingerprint density at radius 3 is 1.69 bits per heavy atom. The van der Waals surface area contributed by atoms with Crippen molar-refractivity contribution in [1.29, 1.82) is 0 Å². The second-order valence-corrected chi connectivity index (χ2v) is 26.9. The second-order valence-electron chi connectivity index (χ2n) is 5.58. The zero-order valence-electron chi connectivity index (χ0n) is 12.3. The minimum atomic E-state index is -2.04. The first-order valence-corrected chi connectivity index (χ1v) is 17.7. The zero-order valence-corrected chi connectivity index (χ0v) is 16.2. The fraction of sp³-hybridized carbons (Fsp3) is 0.846. The van der Waals surface area contributed by atoms with E-state index in [1.54, 1.807) is 0 Å². The molecule has 96 valence electrons. The van der Waals surface area contributed by atoms with Crippen LogP contribution >= 0.6 is 0 Å². The molecule has 0 saturated heterocycles. The Labute approximate surface area is 108 Å². The van der Waals surface area contributed by atoms with Gasteiger partial charge in [0.15, 0.2) is 0 Å². The van der Waals surface area contributed by atoms with Crippen molar-refractivity contribution in [3.8, 4) is 0 Å². The number of ether oxygens (including phenoxy) is 1. The van der Waals surface area contributed by atoms with Crippen LogP contribution in [0.2, 0.25) is 33.0 Å². The molecule has 0 unspecified atom stereocenters. The summed E-state index contributed by atoms with van der Waals surface area (Å²) in [6.45, 7) is 17.5. The molecule has 0 aliphatic heterocycles. The molecule has 0 rings (SSSR count). The van der Waals surface area contributed by atoms with Crippen molar-refractivity contribution < 1.29 is 4.74 Å². The third-order valence-electron chi connectivity index (χ3n) is 3.78. The van der Waals surface area contributed by atoms with Crippen LogP contribution in [0.1, 0.15) is 27.7 Å². The molecule has 0 aliphatic carbocycles. The van der Waals surface area contributed by atoms with E-state index in [2.05, 4.69) is 53.6 Å². The van der Waals surface area contributed by atoms with Crippen LogP contribution in [0.5, 0.6) is 0 Å². The third-order valence-corrected chi connectivity index (χ3v) is 30.7. The van der Waals surface area contributed by atoms with Crippen LogP contribution in [-0.2, 0) is 4.74 Å². The van der Waals surface area contributed by atoms with Crippen LogP contribution < -0.4 is 0 Å². The van der Waals surface area contributed by atoms with Crippen LogP contribution in [-0.4, -0.2) is 33.1 Å². The molecule has 0 aromatic carbocycles. The quantitative estimate of drug-likeness (QED) is 0.472. The average Bonchev–Trinajstić information content (AvgIpc) is 2.23. The van der Waals surface area contributed by atoms with Crippen molar-refractivity contribution in [2.24, 2.45) is 0 Å². The van der Waals surface area contributed by atoms with E-state index in [0.29, 0.717) is 0 Å². The van der Waals surface area contributed by atoms with Crippen molar-refractivity contribution in [2.45, 2.75) is 60.6 Å². The van der Waals surface area contributed by atoms with Gasteiger partial charge in [-0.2, -0.15) is 0 Å². The van der Waals surface area contributed by atoms with Crippen molar-refractivity contribution in [3.63, 3.8) is 0 Å². The summed E-state index contributed by atoms with van der Waals surface area (Å²) in [5.41, 5.74) is 0. The molecule has 0 aromatic heterocycles. The summed E-state index contributed by atoms with van der Waals surface area (Å²) in [7, 11) is -1.19. The molecule has 0 bridgehead atoms. The molecule has 0 N–H and O–H groups in total. The van der Waals surface area contributed by atoms with Crippen molar-refractivity contribution in [3.05, 3.63) is 9.47 Å². The van der Waals surface area contributed by atoms with E-state index in [0.717, 1.165) is 6.61 Å². The number of hydrogen-bond acceptors (Lipinski definition) is 1. The molecule has 1 nitrogen and oxygen atoms in total. The Morgan fingerprint density at radius 1 is 1.00 bits per heavy atom. The molecule has 0 saturated carbocycles. The summed E-state index contributed by atoms with van der Waals surface area (Å²) < 4.78 is 11.8. The Hall–Kier alpha value is 0.556. The fourth-order valence-electron chi connectivity index (χ4n) is 2.59. The predicted octanol–water partition coefficient (Wildman–Crippen LogP) is 4.83. The molecule has 0 aliphatic rings. The average molecular weight is 349 g/mol. The Bertz CT molecular complexity index is 218. The first kappa shape index (κ1) is 16.6. The van der Waals surface area contributed by atoms with Crippen molar-refractivity contribution in [1.82, 2.24) is 0 Å². The van der Waals surface area contributed by atoms with Gasteiger partial charge in [-0.15, -0.1) is 0 Å². The van der Waals surface area contributed by atoms with Gasteiger partial charge in [0.2, 0.25) is 0 Å². The molecule has 16 heavy (non-hydrogen) atoms. The number of rotatable bonds is 7. The van der Waals surface area contributed by atoms with Gasteiger partial charge in [0.25, 0.3) is 0 Å². The maximum atomic E-state index is 5.66. The van der Waals surface area contributed by atoms with E-state index in [1.165, 1.54) is 13.3 Å². The van der Waals surface area contributed by atoms with E-state index in [4.69, 9.17) is 4.74 Å². The van der Waals surface area contributed by atoms with E-state index in [9.17, 15) is 0 Å². The van der Waals surface area contributed by atoms with E-state index in [1.807, 2.05) is 3.21 Å². The summed E-state index contributed by atoms with van der Waals surface area (Å²) in [5.74, 6) is 0. The monoisotopic (exact) mass is 350 g/mol. The standard InChI is InChI=1S/C7H15OSi.3C2H5.Sn/c1-5-8-6-7-9(2,3)4;3*1-2;/h6H,5H2,1-4H3;3*1H2,2H3;. The van der Waals surface area contributed by atoms with Crippen LogP contribution in [0.15, 0.2) is 9.47 Å². The third kappa shape index (κ3) is 4.10. The van der Waals surface area contributed by atoms with Crippen LogP contribution in [0, 0.1) is 0 Å². The SMILES string of the molecule is CCO/C=[C](/[Si](C)(C)C)[Sn]([CH2]C)([CH2]C)[CH2]C. The van der Waals surface area contributed by atoms with Gasteiger partial charge in [-0.3, -0.25) is 0 Å². The summed E-state index contributed by atoms with van der Waals surface area (Å²) in [4.78, 5) is 0. The topological polar surface area (TPSA) is 9.23 Å². The van der Waals surface area contributed by atoms with Crippen LogP contribution in [0.4, 0.5) is 0 Å². The molecule has 0 atom stereocenters. The summed E-state index contributed by atoms with van der Waals surface area (Å²) in [6, 6.07) is 0. The maximum absolute atomic E-state index is 5.66. The first-order chi connectivity index (χ1) is 7.37. The van der Waals surface area contributed by atoms with Gasteiger partial charge in [0.1, 0.15) is 0 Å². The molecule has 0 heterocycles. The van der Waals surface area contributed by atoms with Gasteiger partial charge >= 0.3 is 108 Å². The fourth-order valence-corrected chi connectivity index (χ4v) is 30.3. The molecular weight excluding hydrogens is 319 g/mol. The summed E-state index contributed by atoms with van der Waals surface area (Å²) in [6.07, 6.45) is 2.18. The van der Waals surface area contributed by atoms with E-state index >= 15 is 0 Å². The van der Waals surface area contributed by atoms with Crippen LogP contribution in [0.25, 0.3) is 0 Å². The zero-order chi connectivity index (χ0) is 12.8. The summed E-state index contributed by atoms with van der Waals surface area (Å²) >= 11 is -2.04. The predicted molar refractivity (Wildman–Crippen MR) is 80.3 cm³/mol. The Balaban J connectivity index is 5.30. The molecule has 0 spiro atoms. The van der Waals surface area contributed by atoms with Gasteiger partial charge in [-0.25, -0.2) is 0 Å². The van der Waals surface area contributed by atoms with Crippen molar-refractivity contribution >= 4 is 26.5 Å². The van der Waals surface area contributed by atoms with Gasteiger partial charge in [-0.05, 0) is 0 Å². The molecule has 0 amide bonds. The van der Waals surface area contributed by atoms with Gasteiger partial charge in [0, 0.05) is 0 Å².